The molecule has 1 aliphatic rings. The third-order valence-electron chi connectivity index (χ3n) is 5.66. The van der Waals surface area contributed by atoms with E-state index >= 15 is 0 Å². The fourth-order valence-corrected chi connectivity index (χ4v) is 3.91. The number of benzene rings is 2. The zero-order chi connectivity index (χ0) is 20.4. The Morgan fingerprint density at radius 1 is 1.07 bits per heavy atom. The normalized spacial score (nSPS) is 18.1. The smallest absolute Gasteiger partial charge is 0.373 e. The summed E-state index contributed by atoms with van der Waals surface area (Å²) in [6, 6.07) is 14.0. The molecule has 2 aromatic carbocycles. The van der Waals surface area contributed by atoms with Crippen LogP contribution < -0.4 is 0 Å². The predicted octanol–water partition coefficient (Wildman–Crippen LogP) is 6.17. The van der Waals surface area contributed by atoms with Gasteiger partial charge in [-0.2, -0.15) is 13.2 Å². The van der Waals surface area contributed by atoms with Crippen LogP contribution in [0.1, 0.15) is 61.0 Å². The number of carbonyl (C=O) groups is 1. The van der Waals surface area contributed by atoms with Gasteiger partial charge in [-0.1, -0.05) is 42.0 Å². The molecule has 1 fully saturated rings. The molecule has 0 N–H and O–H groups in total. The van der Waals surface area contributed by atoms with Crippen molar-refractivity contribution in [2.75, 3.05) is 6.61 Å². The Kier molecular flexibility index (Phi) is 5.94. The molecule has 0 heterocycles. The zero-order valence-electron chi connectivity index (χ0n) is 16.2. The van der Waals surface area contributed by atoms with Crippen molar-refractivity contribution in [3.63, 3.8) is 0 Å². The molecule has 0 amide bonds. The molecule has 150 valence electrons. The average molecular weight is 390 g/mol. The van der Waals surface area contributed by atoms with E-state index in [-0.39, 0.29) is 11.2 Å². The van der Waals surface area contributed by atoms with Crippen molar-refractivity contribution in [2.24, 2.45) is 0 Å². The summed E-state index contributed by atoms with van der Waals surface area (Å²) in [5, 5.41) is 0. The minimum absolute atomic E-state index is 0.258. The maximum Gasteiger partial charge on any atom is 0.416 e. The van der Waals surface area contributed by atoms with Crippen molar-refractivity contribution < 1.29 is 22.7 Å². The van der Waals surface area contributed by atoms with Gasteiger partial charge < -0.3 is 4.74 Å². The van der Waals surface area contributed by atoms with Crippen LogP contribution in [0.3, 0.4) is 0 Å². The third-order valence-corrected chi connectivity index (χ3v) is 5.66. The highest BCUT2D eigenvalue weighted by atomic mass is 19.4. The predicted molar refractivity (Wildman–Crippen MR) is 102 cm³/mol. The molecule has 2 nitrogen and oxygen atoms in total. The first-order valence-electron chi connectivity index (χ1n) is 9.57. The fraction of sp³-hybridized carbons (Fsp3) is 0.435. The van der Waals surface area contributed by atoms with Crippen molar-refractivity contribution in [1.29, 1.82) is 0 Å². The standard InChI is InChI=1S/C23H25F3O2/c1-16-12-18(14-20(13-16)23(24,25)26)17(2)28-15-22(10-8-21(27)9-11-22)19-6-4-3-5-7-19/h3-7,12-14,17H,8-11,15H2,1-2H3/t17-/m1/s1. The van der Waals surface area contributed by atoms with Gasteiger partial charge in [0.1, 0.15) is 5.78 Å². The van der Waals surface area contributed by atoms with E-state index in [0.29, 0.717) is 43.4 Å². The van der Waals surface area contributed by atoms with Crippen molar-refractivity contribution >= 4 is 5.78 Å². The summed E-state index contributed by atoms with van der Waals surface area (Å²) in [6.07, 6.45) is -2.44. The van der Waals surface area contributed by atoms with Crippen LogP contribution in [0.5, 0.6) is 0 Å². The van der Waals surface area contributed by atoms with Crippen LogP contribution in [0.2, 0.25) is 0 Å². The molecule has 0 spiro atoms. The number of hydrogen-bond acceptors (Lipinski definition) is 2. The number of carbonyl (C=O) groups excluding carboxylic acids is 1. The van der Waals surface area contributed by atoms with Gasteiger partial charge in [-0.05, 0) is 49.9 Å². The number of ketones is 1. The van der Waals surface area contributed by atoms with Crippen LogP contribution in [-0.4, -0.2) is 12.4 Å². The van der Waals surface area contributed by atoms with E-state index in [1.54, 1.807) is 19.9 Å². The number of halogens is 3. The van der Waals surface area contributed by atoms with Gasteiger partial charge >= 0.3 is 6.18 Å². The molecule has 0 aliphatic heterocycles. The highest BCUT2D eigenvalue weighted by Crippen LogP contribution is 2.40. The van der Waals surface area contributed by atoms with Gasteiger partial charge in [-0.3, -0.25) is 4.79 Å². The Bertz CT molecular complexity index is 817. The van der Waals surface area contributed by atoms with E-state index in [2.05, 4.69) is 0 Å². The number of ether oxygens (including phenoxy) is 1. The number of aryl methyl sites for hydroxylation is 1. The quantitative estimate of drug-likeness (QED) is 0.610. The molecule has 28 heavy (non-hydrogen) atoms. The topological polar surface area (TPSA) is 26.3 Å². The second kappa shape index (κ2) is 8.08. The highest BCUT2D eigenvalue weighted by molar-refractivity contribution is 5.79. The zero-order valence-corrected chi connectivity index (χ0v) is 16.2. The van der Waals surface area contributed by atoms with Crippen LogP contribution in [0.15, 0.2) is 48.5 Å². The van der Waals surface area contributed by atoms with Crippen molar-refractivity contribution in [1.82, 2.24) is 0 Å². The third kappa shape index (κ3) is 4.64. The van der Waals surface area contributed by atoms with E-state index in [1.165, 1.54) is 0 Å². The van der Waals surface area contributed by atoms with E-state index < -0.39 is 17.8 Å². The number of Topliss-reactive ketones (excluding diaryl/α,β-unsaturated/α-hetero) is 1. The molecule has 1 atom stereocenters. The van der Waals surface area contributed by atoms with E-state index in [1.807, 2.05) is 30.3 Å². The van der Waals surface area contributed by atoms with E-state index in [9.17, 15) is 18.0 Å². The first kappa shape index (κ1) is 20.6. The Morgan fingerprint density at radius 2 is 1.71 bits per heavy atom. The molecular weight excluding hydrogens is 365 g/mol. The number of hydrogen-bond donors (Lipinski definition) is 0. The molecule has 5 heteroatoms. The molecule has 2 aromatic rings. The van der Waals surface area contributed by atoms with E-state index in [4.69, 9.17) is 4.74 Å². The van der Waals surface area contributed by atoms with Gasteiger partial charge in [-0.15, -0.1) is 0 Å². The first-order chi connectivity index (χ1) is 13.2. The summed E-state index contributed by atoms with van der Waals surface area (Å²) < 4.78 is 45.5. The SMILES string of the molecule is Cc1cc([C@@H](C)OCC2(c3ccccc3)CCC(=O)CC2)cc(C(F)(F)F)c1. The Morgan fingerprint density at radius 3 is 2.32 bits per heavy atom. The molecule has 0 radical (unpaired) electrons. The monoisotopic (exact) mass is 390 g/mol. The lowest BCUT2D eigenvalue weighted by atomic mass is 9.69. The van der Waals surface area contributed by atoms with Crippen molar-refractivity contribution in [2.45, 2.75) is 57.2 Å². The summed E-state index contributed by atoms with van der Waals surface area (Å²) in [7, 11) is 0. The molecule has 0 unspecified atom stereocenters. The second-order valence-electron chi connectivity index (χ2n) is 7.77. The summed E-state index contributed by atoms with van der Waals surface area (Å²) in [5.41, 5.74) is 1.26. The Hall–Kier alpha value is -2.14. The van der Waals surface area contributed by atoms with Gasteiger partial charge in [0.05, 0.1) is 18.3 Å². The number of rotatable bonds is 5. The van der Waals surface area contributed by atoms with Crippen molar-refractivity contribution in [3.05, 3.63) is 70.8 Å². The second-order valence-corrected chi connectivity index (χ2v) is 7.77. The summed E-state index contributed by atoms with van der Waals surface area (Å²) >= 11 is 0. The largest absolute Gasteiger partial charge is 0.416 e. The lowest BCUT2D eigenvalue weighted by molar-refractivity contribution is -0.137. The van der Waals surface area contributed by atoms with Crippen LogP contribution in [0.25, 0.3) is 0 Å². The lowest BCUT2D eigenvalue weighted by Gasteiger charge is -2.38. The van der Waals surface area contributed by atoms with Gasteiger partial charge in [-0.25, -0.2) is 0 Å². The minimum Gasteiger partial charge on any atom is -0.373 e. The summed E-state index contributed by atoms with van der Waals surface area (Å²) in [6.45, 7) is 3.81. The molecule has 1 aliphatic carbocycles. The van der Waals surface area contributed by atoms with Crippen LogP contribution in [-0.2, 0) is 21.1 Å². The maximum atomic E-state index is 13.1. The first-order valence-corrected chi connectivity index (χ1v) is 9.57. The van der Waals surface area contributed by atoms with Crippen molar-refractivity contribution in [3.8, 4) is 0 Å². The van der Waals surface area contributed by atoms with Crippen LogP contribution in [0, 0.1) is 6.92 Å². The lowest BCUT2D eigenvalue weighted by Crippen LogP contribution is -2.37. The Labute approximate surface area is 163 Å². The maximum absolute atomic E-state index is 13.1. The molecular formula is C23H25F3O2. The van der Waals surface area contributed by atoms with Crippen LogP contribution in [0.4, 0.5) is 13.2 Å². The molecule has 1 saturated carbocycles. The summed E-state index contributed by atoms with van der Waals surface area (Å²) in [5.74, 6) is 0.258. The Balaban J connectivity index is 1.80. The number of alkyl halides is 3. The molecule has 3 rings (SSSR count). The average Bonchev–Trinajstić information content (AvgIpc) is 2.67. The van der Waals surface area contributed by atoms with Gasteiger partial charge in [0.25, 0.3) is 0 Å². The van der Waals surface area contributed by atoms with Gasteiger partial charge in [0.2, 0.25) is 0 Å². The molecule has 0 bridgehead atoms. The van der Waals surface area contributed by atoms with E-state index in [0.717, 1.165) is 17.7 Å². The highest BCUT2D eigenvalue weighted by Gasteiger charge is 2.37. The molecule has 0 aromatic heterocycles. The molecule has 0 saturated heterocycles. The summed E-state index contributed by atoms with van der Waals surface area (Å²) in [4.78, 5) is 11.8. The fourth-order valence-electron chi connectivity index (χ4n) is 3.91. The van der Waals surface area contributed by atoms with Gasteiger partial charge in [0, 0.05) is 18.3 Å². The minimum atomic E-state index is -4.38. The van der Waals surface area contributed by atoms with Gasteiger partial charge in [0.15, 0.2) is 0 Å². The van der Waals surface area contributed by atoms with Crippen LogP contribution >= 0.6 is 0 Å².